The molecule has 0 saturated carbocycles. The quantitative estimate of drug-likeness (QED) is 0.264. The van der Waals surface area contributed by atoms with Gasteiger partial charge in [0.05, 0.1) is 17.6 Å². The number of hydrogen-bond acceptors (Lipinski definition) is 6. The first-order valence-corrected chi connectivity index (χ1v) is 14.1. The summed E-state index contributed by atoms with van der Waals surface area (Å²) in [5, 5.41) is 8.46. The van der Waals surface area contributed by atoms with E-state index < -0.39 is 0 Å². The molecule has 0 saturated heterocycles. The van der Waals surface area contributed by atoms with E-state index in [1.807, 2.05) is 55.2 Å². The van der Waals surface area contributed by atoms with Crippen molar-refractivity contribution in [3.8, 4) is 0 Å². The van der Waals surface area contributed by atoms with Crippen LogP contribution in [0.25, 0.3) is 6.08 Å². The number of aromatic nitrogens is 1. The predicted octanol–water partition coefficient (Wildman–Crippen LogP) is 4.76. The summed E-state index contributed by atoms with van der Waals surface area (Å²) in [6.07, 6.45) is 6.97. The molecule has 0 unspecified atom stereocenters. The van der Waals surface area contributed by atoms with Crippen molar-refractivity contribution in [2.75, 3.05) is 18.4 Å². The third-order valence-electron chi connectivity index (χ3n) is 6.61. The van der Waals surface area contributed by atoms with E-state index in [2.05, 4.69) is 25.9 Å². The van der Waals surface area contributed by atoms with Crippen molar-refractivity contribution < 1.29 is 14.4 Å². The lowest BCUT2D eigenvalue weighted by atomic mass is 10.0. The van der Waals surface area contributed by atoms with Crippen LogP contribution in [-0.4, -0.2) is 46.7 Å². The molecule has 0 radical (unpaired) electrons. The molecule has 0 atom stereocenters. The number of nitrogens with zero attached hydrogens (tertiary/aromatic N) is 3. The van der Waals surface area contributed by atoms with E-state index in [1.54, 1.807) is 30.5 Å². The standard InChI is InChI=1S/C32H37N7O3/c1-3-12-39(13-4-2)31(41)26-15-24-10-11-25(16-28(24)38-29(33)17-26)30(40)37-27-14-23(18-34-21-27)20-36-32(42)35-19-22-8-6-5-7-9-22/h5-11,14-16,18,21H,3-4,12-13,17,19-20H2,1-2H3,(H2,33,38)(H,37,40)(H2,35,36,42). The minimum atomic E-state index is -0.347. The Morgan fingerprint density at radius 3 is 2.33 bits per heavy atom. The van der Waals surface area contributed by atoms with Gasteiger partial charge in [-0.05, 0) is 48.2 Å². The van der Waals surface area contributed by atoms with Crippen LogP contribution in [-0.2, 0) is 17.9 Å². The zero-order valence-corrected chi connectivity index (χ0v) is 24.0. The fourth-order valence-corrected chi connectivity index (χ4v) is 4.61. The lowest BCUT2D eigenvalue weighted by Gasteiger charge is -2.22. The topological polar surface area (TPSA) is 142 Å². The highest BCUT2D eigenvalue weighted by Gasteiger charge is 2.21. The number of urea groups is 1. The highest BCUT2D eigenvalue weighted by molar-refractivity contribution is 6.07. The molecule has 0 fully saturated rings. The van der Waals surface area contributed by atoms with Gasteiger partial charge in [-0.2, -0.15) is 0 Å². The van der Waals surface area contributed by atoms with Gasteiger partial charge in [-0.1, -0.05) is 50.2 Å². The maximum absolute atomic E-state index is 13.2. The van der Waals surface area contributed by atoms with Gasteiger partial charge in [-0.25, -0.2) is 9.79 Å². The number of amidine groups is 1. The molecular weight excluding hydrogens is 530 g/mol. The second-order valence-corrected chi connectivity index (χ2v) is 10.1. The van der Waals surface area contributed by atoms with Crippen molar-refractivity contribution >= 4 is 41.1 Å². The Kier molecular flexibility index (Phi) is 10.4. The summed E-state index contributed by atoms with van der Waals surface area (Å²) >= 11 is 0. The molecule has 1 aliphatic heterocycles. The molecule has 0 bridgehead atoms. The smallest absolute Gasteiger partial charge is 0.315 e. The summed E-state index contributed by atoms with van der Waals surface area (Å²) in [6, 6.07) is 16.2. The maximum atomic E-state index is 13.2. The van der Waals surface area contributed by atoms with E-state index in [1.165, 1.54) is 6.20 Å². The summed E-state index contributed by atoms with van der Waals surface area (Å²) in [6.45, 7) is 6.11. The normalized spacial score (nSPS) is 12.2. The number of amides is 4. The van der Waals surface area contributed by atoms with E-state index in [0.717, 1.165) is 29.5 Å². The van der Waals surface area contributed by atoms with Crippen molar-refractivity contribution in [3.63, 3.8) is 0 Å². The number of anilines is 1. The molecule has 42 heavy (non-hydrogen) atoms. The molecule has 10 nitrogen and oxygen atoms in total. The summed E-state index contributed by atoms with van der Waals surface area (Å²) in [5.74, 6) is -0.0705. The van der Waals surface area contributed by atoms with E-state index in [-0.39, 0.29) is 30.8 Å². The Morgan fingerprint density at radius 2 is 1.62 bits per heavy atom. The van der Waals surface area contributed by atoms with Gasteiger partial charge < -0.3 is 26.6 Å². The second-order valence-electron chi connectivity index (χ2n) is 10.1. The number of pyridine rings is 1. The van der Waals surface area contributed by atoms with Crippen LogP contribution in [0.1, 0.15) is 60.2 Å². The first-order valence-electron chi connectivity index (χ1n) is 14.1. The van der Waals surface area contributed by atoms with Crippen LogP contribution in [0.15, 0.2) is 77.6 Å². The number of benzene rings is 2. The van der Waals surface area contributed by atoms with Gasteiger partial charge in [0.1, 0.15) is 5.84 Å². The summed E-state index contributed by atoms with van der Waals surface area (Å²) in [4.78, 5) is 49.0. The Balaban J connectivity index is 1.40. The molecule has 2 aromatic carbocycles. The van der Waals surface area contributed by atoms with Gasteiger partial charge in [0.15, 0.2) is 0 Å². The van der Waals surface area contributed by atoms with E-state index in [0.29, 0.717) is 48.0 Å². The summed E-state index contributed by atoms with van der Waals surface area (Å²) < 4.78 is 0. The third kappa shape index (κ3) is 8.26. The average Bonchev–Trinajstić information content (AvgIpc) is 3.16. The van der Waals surface area contributed by atoms with Gasteiger partial charge >= 0.3 is 6.03 Å². The SMILES string of the molecule is CCCN(CCC)C(=O)C1=Cc2ccc(C(=O)Nc3cncc(CNC(=O)NCc4ccccc4)c3)cc2N=C(N)C1. The average molecular weight is 568 g/mol. The van der Waals surface area contributed by atoms with Crippen molar-refractivity contribution in [1.29, 1.82) is 0 Å². The van der Waals surface area contributed by atoms with Gasteiger partial charge in [-0.15, -0.1) is 0 Å². The van der Waals surface area contributed by atoms with Crippen LogP contribution in [0.3, 0.4) is 0 Å². The highest BCUT2D eigenvalue weighted by Crippen LogP contribution is 2.29. The van der Waals surface area contributed by atoms with Crippen LogP contribution in [0.4, 0.5) is 16.2 Å². The van der Waals surface area contributed by atoms with Crippen LogP contribution >= 0.6 is 0 Å². The molecule has 1 aromatic heterocycles. The van der Waals surface area contributed by atoms with Crippen molar-refractivity contribution in [3.05, 3.63) is 94.8 Å². The highest BCUT2D eigenvalue weighted by atomic mass is 16.2. The van der Waals surface area contributed by atoms with Crippen molar-refractivity contribution in [2.24, 2.45) is 10.7 Å². The third-order valence-corrected chi connectivity index (χ3v) is 6.61. The summed E-state index contributed by atoms with van der Waals surface area (Å²) in [7, 11) is 0. The lowest BCUT2D eigenvalue weighted by Crippen LogP contribution is -2.34. The Labute approximate surface area is 246 Å². The number of fused-ring (bicyclic) bond motifs is 1. The maximum Gasteiger partial charge on any atom is 0.315 e. The largest absolute Gasteiger partial charge is 0.387 e. The first kappa shape index (κ1) is 30.0. The van der Waals surface area contributed by atoms with Crippen molar-refractivity contribution in [2.45, 2.75) is 46.2 Å². The molecule has 218 valence electrons. The van der Waals surface area contributed by atoms with Gasteiger partial charge in [-0.3, -0.25) is 14.6 Å². The first-order chi connectivity index (χ1) is 20.4. The van der Waals surface area contributed by atoms with Crippen LogP contribution in [0.5, 0.6) is 0 Å². The molecule has 10 heteroatoms. The lowest BCUT2D eigenvalue weighted by molar-refractivity contribution is -0.127. The minimum Gasteiger partial charge on any atom is -0.387 e. The summed E-state index contributed by atoms with van der Waals surface area (Å²) in [5.41, 5.74) is 10.6. The number of hydrogen-bond donors (Lipinski definition) is 4. The fraction of sp³-hybridized carbons (Fsp3) is 0.281. The Hall–Kier alpha value is -4.99. The van der Waals surface area contributed by atoms with Crippen LogP contribution < -0.4 is 21.7 Å². The number of carbonyl (C=O) groups is 3. The monoisotopic (exact) mass is 567 g/mol. The number of rotatable bonds is 11. The Morgan fingerprint density at radius 1 is 0.905 bits per heavy atom. The van der Waals surface area contributed by atoms with Crippen LogP contribution in [0, 0.1) is 0 Å². The second kappa shape index (κ2) is 14.6. The number of aliphatic imine (C=N–C) groups is 1. The molecule has 0 aliphatic carbocycles. The molecular formula is C32H37N7O3. The molecule has 4 rings (SSSR count). The molecule has 2 heterocycles. The molecule has 1 aliphatic rings. The molecule has 3 aromatic rings. The Bertz CT molecular complexity index is 1480. The molecule has 0 spiro atoms. The number of carbonyl (C=O) groups excluding carboxylic acids is 3. The fourth-order valence-electron chi connectivity index (χ4n) is 4.61. The van der Waals surface area contributed by atoms with Gasteiger partial charge in [0, 0.05) is 55.5 Å². The van der Waals surface area contributed by atoms with E-state index in [4.69, 9.17) is 5.73 Å². The van der Waals surface area contributed by atoms with Crippen molar-refractivity contribution in [1.82, 2.24) is 20.5 Å². The zero-order valence-electron chi connectivity index (χ0n) is 24.0. The van der Waals surface area contributed by atoms with E-state index in [9.17, 15) is 14.4 Å². The minimum absolute atomic E-state index is 0.0398. The van der Waals surface area contributed by atoms with E-state index >= 15 is 0 Å². The number of nitrogens with two attached hydrogens (primary N) is 1. The van der Waals surface area contributed by atoms with Gasteiger partial charge in [0.25, 0.3) is 5.91 Å². The predicted molar refractivity (Wildman–Crippen MR) is 165 cm³/mol. The van der Waals surface area contributed by atoms with Crippen LogP contribution in [0.2, 0.25) is 0 Å². The molecule has 5 N–H and O–H groups in total. The zero-order chi connectivity index (χ0) is 29.9. The van der Waals surface area contributed by atoms with Gasteiger partial charge in [0.2, 0.25) is 5.91 Å². The molecule has 4 amide bonds. The number of nitrogens with one attached hydrogen (secondary N) is 3.